The van der Waals surface area contributed by atoms with E-state index in [2.05, 4.69) is 21.7 Å². The van der Waals surface area contributed by atoms with Crippen molar-refractivity contribution in [3.8, 4) is 0 Å². The molecule has 1 rings (SSSR count). The maximum absolute atomic E-state index is 4.10. The van der Waals surface area contributed by atoms with Crippen LogP contribution in [0.25, 0.3) is 0 Å². The van der Waals surface area contributed by atoms with Crippen LogP contribution in [0.1, 0.15) is 18.4 Å². The fourth-order valence-electron chi connectivity index (χ4n) is 1.48. The quantitative estimate of drug-likeness (QED) is 0.629. The Kier molecular flexibility index (Phi) is 6.79. The molecule has 84 valence electrons. The van der Waals surface area contributed by atoms with Crippen LogP contribution < -0.4 is 10.6 Å². The molecular formula is C12H21N3. The third-order valence-corrected chi connectivity index (χ3v) is 2.32. The third-order valence-electron chi connectivity index (χ3n) is 2.32. The first-order valence-corrected chi connectivity index (χ1v) is 5.67. The average molecular weight is 207 g/mol. The molecule has 0 atom stereocenters. The number of nitrogens with zero attached hydrogens (tertiary/aromatic N) is 1. The van der Waals surface area contributed by atoms with Crippen molar-refractivity contribution in [2.45, 2.75) is 19.3 Å². The molecule has 1 heterocycles. The second-order valence-electron chi connectivity index (χ2n) is 3.67. The highest BCUT2D eigenvalue weighted by atomic mass is 14.9. The molecule has 15 heavy (non-hydrogen) atoms. The van der Waals surface area contributed by atoms with E-state index in [1.807, 2.05) is 25.5 Å². The Labute approximate surface area is 92.3 Å². The van der Waals surface area contributed by atoms with Gasteiger partial charge in [-0.1, -0.05) is 6.07 Å². The third kappa shape index (κ3) is 6.20. The lowest BCUT2D eigenvalue weighted by atomic mass is 10.1. The maximum atomic E-state index is 4.10. The van der Waals surface area contributed by atoms with Crippen molar-refractivity contribution < 1.29 is 0 Å². The van der Waals surface area contributed by atoms with E-state index in [1.165, 1.54) is 18.4 Å². The zero-order valence-corrected chi connectivity index (χ0v) is 9.50. The van der Waals surface area contributed by atoms with E-state index in [1.54, 1.807) is 0 Å². The molecule has 1 aromatic rings. The predicted molar refractivity (Wildman–Crippen MR) is 64.0 cm³/mol. The number of rotatable bonds is 8. The summed E-state index contributed by atoms with van der Waals surface area (Å²) >= 11 is 0. The summed E-state index contributed by atoms with van der Waals surface area (Å²) in [6.07, 6.45) is 7.27. The SMILES string of the molecule is CNCCCNCCCc1cccnc1. The number of pyridine rings is 1. The van der Waals surface area contributed by atoms with E-state index >= 15 is 0 Å². The van der Waals surface area contributed by atoms with Gasteiger partial charge < -0.3 is 10.6 Å². The van der Waals surface area contributed by atoms with Gasteiger partial charge in [-0.05, 0) is 57.6 Å². The van der Waals surface area contributed by atoms with Crippen molar-refractivity contribution in [1.82, 2.24) is 15.6 Å². The topological polar surface area (TPSA) is 37.0 Å². The van der Waals surface area contributed by atoms with E-state index in [0.717, 1.165) is 26.1 Å². The van der Waals surface area contributed by atoms with E-state index < -0.39 is 0 Å². The molecule has 0 fully saturated rings. The number of aromatic nitrogens is 1. The molecule has 0 aromatic carbocycles. The van der Waals surface area contributed by atoms with Gasteiger partial charge in [-0.3, -0.25) is 4.98 Å². The minimum atomic E-state index is 1.09. The average Bonchev–Trinajstić information content (AvgIpc) is 2.29. The molecule has 0 unspecified atom stereocenters. The maximum Gasteiger partial charge on any atom is 0.0299 e. The fraction of sp³-hybridized carbons (Fsp3) is 0.583. The highest BCUT2D eigenvalue weighted by Gasteiger charge is 1.92. The van der Waals surface area contributed by atoms with Gasteiger partial charge in [-0.2, -0.15) is 0 Å². The lowest BCUT2D eigenvalue weighted by Gasteiger charge is -2.04. The molecule has 3 heteroatoms. The largest absolute Gasteiger partial charge is 0.320 e. The van der Waals surface area contributed by atoms with Crippen molar-refractivity contribution in [2.75, 3.05) is 26.7 Å². The first kappa shape index (κ1) is 12.1. The molecule has 0 saturated carbocycles. The van der Waals surface area contributed by atoms with E-state index in [0.29, 0.717) is 0 Å². The van der Waals surface area contributed by atoms with Crippen LogP contribution in [-0.2, 0) is 6.42 Å². The van der Waals surface area contributed by atoms with Gasteiger partial charge in [-0.25, -0.2) is 0 Å². The second kappa shape index (κ2) is 8.38. The Balaban J connectivity index is 1.93. The van der Waals surface area contributed by atoms with Gasteiger partial charge in [-0.15, -0.1) is 0 Å². The van der Waals surface area contributed by atoms with Crippen LogP contribution in [-0.4, -0.2) is 31.7 Å². The van der Waals surface area contributed by atoms with Crippen molar-refractivity contribution in [3.05, 3.63) is 30.1 Å². The second-order valence-corrected chi connectivity index (χ2v) is 3.67. The Morgan fingerprint density at radius 2 is 2.07 bits per heavy atom. The van der Waals surface area contributed by atoms with Crippen LogP contribution in [0.5, 0.6) is 0 Å². The van der Waals surface area contributed by atoms with Crippen LogP contribution in [0.4, 0.5) is 0 Å². The Bertz CT molecular complexity index is 236. The lowest BCUT2D eigenvalue weighted by molar-refractivity contribution is 0.606. The molecule has 0 saturated heterocycles. The van der Waals surface area contributed by atoms with Crippen LogP contribution in [0.3, 0.4) is 0 Å². The number of nitrogens with one attached hydrogen (secondary N) is 2. The van der Waals surface area contributed by atoms with Crippen molar-refractivity contribution in [3.63, 3.8) is 0 Å². The first-order valence-electron chi connectivity index (χ1n) is 5.67. The van der Waals surface area contributed by atoms with E-state index in [9.17, 15) is 0 Å². The molecule has 0 radical (unpaired) electrons. The van der Waals surface area contributed by atoms with Gasteiger partial charge in [0.2, 0.25) is 0 Å². The van der Waals surface area contributed by atoms with E-state index in [4.69, 9.17) is 0 Å². The van der Waals surface area contributed by atoms with Crippen LogP contribution in [0.15, 0.2) is 24.5 Å². The Hall–Kier alpha value is -0.930. The number of hydrogen-bond acceptors (Lipinski definition) is 3. The molecule has 2 N–H and O–H groups in total. The zero-order valence-electron chi connectivity index (χ0n) is 9.50. The Morgan fingerprint density at radius 3 is 2.80 bits per heavy atom. The summed E-state index contributed by atoms with van der Waals surface area (Å²) in [7, 11) is 1.99. The van der Waals surface area contributed by atoms with Crippen molar-refractivity contribution >= 4 is 0 Å². The first-order chi connectivity index (χ1) is 7.43. The minimum absolute atomic E-state index is 1.09. The molecule has 0 aliphatic carbocycles. The zero-order chi connectivity index (χ0) is 10.8. The van der Waals surface area contributed by atoms with Gasteiger partial charge in [0.05, 0.1) is 0 Å². The van der Waals surface area contributed by atoms with Crippen molar-refractivity contribution in [1.29, 1.82) is 0 Å². The molecule has 3 nitrogen and oxygen atoms in total. The monoisotopic (exact) mass is 207 g/mol. The van der Waals surface area contributed by atoms with Gasteiger partial charge in [0, 0.05) is 12.4 Å². The highest BCUT2D eigenvalue weighted by molar-refractivity contribution is 5.08. The minimum Gasteiger partial charge on any atom is -0.320 e. The molecule has 0 spiro atoms. The summed E-state index contributed by atoms with van der Waals surface area (Å²) in [4.78, 5) is 4.10. The van der Waals surface area contributed by atoms with Crippen LogP contribution >= 0.6 is 0 Å². The van der Waals surface area contributed by atoms with Gasteiger partial charge >= 0.3 is 0 Å². The molecule has 0 bridgehead atoms. The fourth-order valence-corrected chi connectivity index (χ4v) is 1.48. The molecule has 0 aliphatic rings. The van der Waals surface area contributed by atoms with E-state index in [-0.39, 0.29) is 0 Å². The van der Waals surface area contributed by atoms with Crippen molar-refractivity contribution in [2.24, 2.45) is 0 Å². The molecule has 0 aliphatic heterocycles. The van der Waals surface area contributed by atoms with Crippen LogP contribution in [0, 0.1) is 0 Å². The summed E-state index contributed by atoms with van der Waals surface area (Å²) in [6.45, 7) is 3.29. The van der Waals surface area contributed by atoms with Gasteiger partial charge in [0.25, 0.3) is 0 Å². The standard InChI is InChI=1S/C12H21N3/c1-13-7-4-10-14-8-2-5-12-6-3-9-15-11-12/h3,6,9,11,13-14H,2,4-5,7-8,10H2,1H3. The summed E-state index contributed by atoms with van der Waals surface area (Å²) in [5.41, 5.74) is 1.33. The summed E-state index contributed by atoms with van der Waals surface area (Å²) < 4.78 is 0. The highest BCUT2D eigenvalue weighted by Crippen LogP contribution is 1.98. The number of hydrogen-bond donors (Lipinski definition) is 2. The lowest BCUT2D eigenvalue weighted by Crippen LogP contribution is -2.21. The smallest absolute Gasteiger partial charge is 0.0299 e. The van der Waals surface area contributed by atoms with Gasteiger partial charge in [0.15, 0.2) is 0 Å². The summed E-state index contributed by atoms with van der Waals surface area (Å²) in [6, 6.07) is 4.13. The van der Waals surface area contributed by atoms with Gasteiger partial charge in [0.1, 0.15) is 0 Å². The normalized spacial score (nSPS) is 10.5. The molecule has 1 aromatic heterocycles. The molecule has 0 amide bonds. The molecular weight excluding hydrogens is 186 g/mol. The van der Waals surface area contributed by atoms with Crippen LogP contribution in [0.2, 0.25) is 0 Å². The summed E-state index contributed by atoms with van der Waals surface area (Å²) in [5.74, 6) is 0. The number of aryl methyl sites for hydroxylation is 1. The predicted octanol–water partition coefficient (Wildman–Crippen LogP) is 1.21. The summed E-state index contributed by atoms with van der Waals surface area (Å²) in [5, 5.41) is 6.57. The Morgan fingerprint density at radius 1 is 1.20 bits per heavy atom.